The minimum Gasteiger partial charge on any atom is -0.493 e. The number of carboxylic acid groups (broad SMARTS) is 1. The number of carboxylic acids is 1. The largest absolute Gasteiger partial charge is 0.493 e. The third kappa shape index (κ3) is 8.56. The van der Waals surface area contributed by atoms with Gasteiger partial charge in [0.2, 0.25) is 11.8 Å². The van der Waals surface area contributed by atoms with Crippen molar-refractivity contribution in [3.63, 3.8) is 0 Å². The van der Waals surface area contributed by atoms with Crippen molar-refractivity contribution < 1.29 is 33.4 Å². The number of aliphatic carboxylic acids is 1. The van der Waals surface area contributed by atoms with Crippen LogP contribution in [0.1, 0.15) is 56.2 Å². The van der Waals surface area contributed by atoms with Gasteiger partial charge in [-0.3, -0.25) is 9.59 Å². The van der Waals surface area contributed by atoms with Crippen LogP contribution in [0.4, 0.5) is 4.79 Å². The SMILES string of the molecule is CCC(=O)N(Cc1cc(OCCc2nc(-c3ccc(-c4ccccc4)cc3)oc2C)ccc1CCC(=O)O)C(=O)OC(C)C. The summed E-state index contributed by atoms with van der Waals surface area (Å²) in [6, 6.07) is 23.5. The van der Waals surface area contributed by atoms with Gasteiger partial charge in [0.15, 0.2) is 0 Å². The second-order valence-electron chi connectivity index (χ2n) is 10.7. The minimum absolute atomic E-state index is 0.0564. The number of imide groups is 1. The number of aryl methyl sites for hydroxylation is 2. The Morgan fingerprint density at radius 2 is 1.59 bits per heavy atom. The summed E-state index contributed by atoms with van der Waals surface area (Å²) >= 11 is 0. The minimum atomic E-state index is -0.938. The molecule has 0 saturated carbocycles. The van der Waals surface area contributed by atoms with Crippen molar-refractivity contribution >= 4 is 18.0 Å². The zero-order valence-electron chi connectivity index (χ0n) is 25.5. The lowest BCUT2D eigenvalue weighted by atomic mass is 10.0. The number of carbonyl (C=O) groups excluding carboxylic acids is 2. The van der Waals surface area contributed by atoms with E-state index < -0.39 is 24.1 Å². The number of aromatic nitrogens is 1. The molecule has 0 aliphatic rings. The second kappa shape index (κ2) is 15.0. The first-order valence-electron chi connectivity index (χ1n) is 14.7. The Bertz CT molecular complexity index is 1580. The maximum Gasteiger partial charge on any atom is 0.417 e. The van der Waals surface area contributed by atoms with E-state index >= 15 is 0 Å². The Hall–Kier alpha value is -4.92. The standard InChI is InChI=1S/C35H38N2O7/c1-5-32(38)37(35(41)43-23(2)3)22-29-21-30(17-15-27(29)16-18-33(39)40)42-20-19-31-24(4)44-34(36-31)28-13-11-26(12-14-28)25-9-7-6-8-10-25/h6-15,17,21,23H,5,16,18-20,22H2,1-4H3,(H,39,40). The van der Waals surface area contributed by atoms with Crippen molar-refractivity contribution in [2.24, 2.45) is 0 Å². The molecule has 9 heteroatoms. The molecule has 0 aliphatic heterocycles. The van der Waals surface area contributed by atoms with Gasteiger partial charge < -0.3 is 19.0 Å². The van der Waals surface area contributed by atoms with Crippen LogP contribution >= 0.6 is 0 Å². The Labute approximate surface area is 257 Å². The monoisotopic (exact) mass is 598 g/mol. The summed E-state index contributed by atoms with van der Waals surface area (Å²) < 4.78 is 17.3. The van der Waals surface area contributed by atoms with E-state index in [1.165, 1.54) is 0 Å². The average molecular weight is 599 g/mol. The maximum atomic E-state index is 12.7. The van der Waals surface area contributed by atoms with Gasteiger partial charge >= 0.3 is 12.1 Å². The van der Waals surface area contributed by atoms with Crippen LogP contribution in [0.5, 0.6) is 5.75 Å². The highest BCUT2D eigenvalue weighted by atomic mass is 16.6. The summed E-state index contributed by atoms with van der Waals surface area (Å²) in [7, 11) is 0. The number of oxazole rings is 1. The van der Waals surface area contributed by atoms with Gasteiger partial charge in [-0.25, -0.2) is 14.7 Å². The third-order valence-electron chi connectivity index (χ3n) is 7.01. The van der Waals surface area contributed by atoms with Crippen LogP contribution in [0.2, 0.25) is 0 Å². The van der Waals surface area contributed by atoms with Gasteiger partial charge in [0, 0.05) is 24.8 Å². The van der Waals surface area contributed by atoms with E-state index in [0.717, 1.165) is 27.3 Å². The molecule has 0 unspecified atom stereocenters. The van der Waals surface area contributed by atoms with Crippen LogP contribution < -0.4 is 4.74 Å². The first kappa shape index (κ1) is 32.0. The molecular weight excluding hydrogens is 560 g/mol. The van der Waals surface area contributed by atoms with Crippen molar-refractivity contribution in [2.75, 3.05) is 6.61 Å². The number of ether oxygens (including phenoxy) is 2. The maximum absolute atomic E-state index is 12.7. The molecule has 3 aromatic carbocycles. The summed E-state index contributed by atoms with van der Waals surface area (Å²) in [6.45, 7) is 7.20. The number of hydrogen-bond donors (Lipinski definition) is 1. The van der Waals surface area contributed by atoms with Crippen molar-refractivity contribution in [1.29, 1.82) is 0 Å². The van der Waals surface area contributed by atoms with Crippen LogP contribution in [0, 0.1) is 6.92 Å². The normalized spacial score (nSPS) is 10.9. The summed E-state index contributed by atoms with van der Waals surface area (Å²) in [4.78, 5) is 42.3. The Kier molecular flexibility index (Phi) is 10.9. The molecule has 9 nitrogen and oxygen atoms in total. The highest BCUT2D eigenvalue weighted by Gasteiger charge is 2.24. The van der Waals surface area contributed by atoms with E-state index in [0.29, 0.717) is 41.6 Å². The van der Waals surface area contributed by atoms with Gasteiger partial charge in [-0.05, 0) is 73.7 Å². The van der Waals surface area contributed by atoms with E-state index in [4.69, 9.17) is 18.9 Å². The number of nitrogens with zero attached hydrogens (tertiary/aromatic N) is 2. The van der Waals surface area contributed by atoms with Crippen LogP contribution in [-0.2, 0) is 33.7 Å². The average Bonchev–Trinajstić information content (AvgIpc) is 3.39. The lowest BCUT2D eigenvalue weighted by Gasteiger charge is -2.23. The second-order valence-corrected chi connectivity index (χ2v) is 10.7. The van der Waals surface area contributed by atoms with Gasteiger partial charge in [0.25, 0.3) is 0 Å². The molecular formula is C35H38N2O7. The molecule has 0 spiro atoms. The fourth-order valence-corrected chi connectivity index (χ4v) is 4.69. The van der Waals surface area contributed by atoms with Gasteiger partial charge in [0.05, 0.1) is 24.9 Å². The van der Waals surface area contributed by atoms with Gasteiger partial charge in [-0.15, -0.1) is 0 Å². The van der Waals surface area contributed by atoms with Crippen LogP contribution in [0.15, 0.2) is 77.2 Å². The number of rotatable bonds is 13. The smallest absolute Gasteiger partial charge is 0.417 e. The van der Waals surface area contributed by atoms with E-state index in [2.05, 4.69) is 12.1 Å². The molecule has 1 N–H and O–H groups in total. The molecule has 0 aliphatic carbocycles. The topological polar surface area (TPSA) is 119 Å². The van der Waals surface area contributed by atoms with E-state index in [1.54, 1.807) is 39.0 Å². The highest BCUT2D eigenvalue weighted by molar-refractivity contribution is 5.91. The van der Waals surface area contributed by atoms with Crippen LogP contribution in [0.3, 0.4) is 0 Å². The Morgan fingerprint density at radius 1 is 0.909 bits per heavy atom. The molecule has 0 bridgehead atoms. The molecule has 0 fully saturated rings. The number of benzene rings is 3. The molecule has 0 radical (unpaired) electrons. The quantitative estimate of drug-likeness (QED) is 0.171. The van der Waals surface area contributed by atoms with E-state index in [-0.39, 0.29) is 25.8 Å². The van der Waals surface area contributed by atoms with Crippen molar-refractivity contribution in [1.82, 2.24) is 9.88 Å². The van der Waals surface area contributed by atoms with Gasteiger partial charge in [0.1, 0.15) is 11.5 Å². The van der Waals surface area contributed by atoms with E-state index in [9.17, 15) is 19.5 Å². The molecule has 4 rings (SSSR count). The predicted octanol–water partition coefficient (Wildman–Crippen LogP) is 7.24. The molecule has 2 amide bonds. The zero-order valence-corrected chi connectivity index (χ0v) is 25.5. The molecule has 4 aromatic rings. The number of hydrogen-bond acceptors (Lipinski definition) is 7. The first-order chi connectivity index (χ1) is 21.1. The summed E-state index contributed by atoms with van der Waals surface area (Å²) in [6.07, 6.45) is -0.377. The first-order valence-corrected chi connectivity index (χ1v) is 14.7. The molecule has 0 saturated heterocycles. The summed E-state index contributed by atoms with van der Waals surface area (Å²) in [5, 5.41) is 9.22. The molecule has 230 valence electrons. The summed E-state index contributed by atoms with van der Waals surface area (Å²) in [5.74, 6) is 0.441. The van der Waals surface area contributed by atoms with Gasteiger partial charge in [-0.2, -0.15) is 0 Å². The molecule has 1 heterocycles. The van der Waals surface area contributed by atoms with Crippen LogP contribution in [-0.4, -0.2) is 45.7 Å². The fraction of sp³-hybridized carbons (Fsp3) is 0.314. The van der Waals surface area contributed by atoms with Gasteiger partial charge in [-0.1, -0.05) is 55.5 Å². The predicted molar refractivity (Wildman–Crippen MR) is 166 cm³/mol. The lowest BCUT2D eigenvalue weighted by molar-refractivity contribution is -0.137. The van der Waals surface area contributed by atoms with Crippen LogP contribution in [0.25, 0.3) is 22.6 Å². The molecule has 44 heavy (non-hydrogen) atoms. The van der Waals surface area contributed by atoms with Crippen molar-refractivity contribution in [3.05, 3.63) is 95.4 Å². The highest BCUT2D eigenvalue weighted by Crippen LogP contribution is 2.27. The number of amides is 2. The molecule has 0 atom stereocenters. The van der Waals surface area contributed by atoms with Crippen molar-refractivity contribution in [2.45, 2.75) is 66.0 Å². The third-order valence-corrected chi connectivity index (χ3v) is 7.01. The zero-order chi connectivity index (χ0) is 31.6. The lowest BCUT2D eigenvalue weighted by Crippen LogP contribution is -2.37. The van der Waals surface area contributed by atoms with E-state index in [1.807, 2.05) is 49.4 Å². The van der Waals surface area contributed by atoms with Crippen molar-refractivity contribution in [3.8, 4) is 28.3 Å². The number of carbonyl (C=O) groups is 3. The molecule has 1 aromatic heterocycles. The summed E-state index contributed by atoms with van der Waals surface area (Å²) in [5.41, 5.74) is 5.23. The Balaban J connectivity index is 1.46. The Morgan fingerprint density at radius 3 is 2.25 bits per heavy atom. The fourth-order valence-electron chi connectivity index (χ4n) is 4.69.